The van der Waals surface area contributed by atoms with Crippen molar-refractivity contribution in [1.82, 2.24) is 4.90 Å². The molecule has 1 atom stereocenters. The average molecular weight is 242 g/mol. The smallest absolute Gasteiger partial charge is 0.322 e. The highest BCUT2D eigenvalue weighted by Crippen LogP contribution is 2.21. The van der Waals surface area contributed by atoms with Crippen LogP contribution in [0.4, 0.5) is 0 Å². The van der Waals surface area contributed by atoms with Gasteiger partial charge in [0, 0.05) is 12.6 Å². The number of esters is 1. The third-order valence-corrected chi connectivity index (χ3v) is 3.74. The van der Waals surface area contributed by atoms with Crippen LogP contribution in [0.1, 0.15) is 44.9 Å². The Hall–Kier alpha value is -0.610. The number of nitrogens with two attached hydrogens (primary N) is 1. The number of nitrogens with zero attached hydrogens (tertiary/aromatic N) is 1. The van der Waals surface area contributed by atoms with E-state index in [9.17, 15) is 4.79 Å². The van der Waals surface area contributed by atoms with Gasteiger partial charge < -0.3 is 15.4 Å². The second-order valence-corrected chi connectivity index (χ2v) is 5.04. The predicted molar refractivity (Wildman–Crippen MR) is 68.7 cm³/mol. The van der Waals surface area contributed by atoms with E-state index in [1.807, 2.05) is 0 Å². The van der Waals surface area contributed by atoms with Crippen LogP contribution in [0.2, 0.25) is 0 Å². The lowest BCUT2D eigenvalue weighted by Gasteiger charge is -2.27. The van der Waals surface area contributed by atoms with Crippen LogP contribution in [-0.4, -0.2) is 43.7 Å². The van der Waals surface area contributed by atoms with Gasteiger partial charge in [-0.05, 0) is 26.3 Å². The van der Waals surface area contributed by atoms with Gasteiger partial charge in [-0.3, -0.25) is 4.79 Å². The highest BCUT2D eigenvalue weighted by Gasteiger charge is 2.19. The molecule has 0 spiro atoms. The molecule has 1 unspecified atom stereocenters. The number of methoxy groups -OCH3 is 1. The molecule has 1 rings (SSSR count). The van der Waals surface area contributed by atoms with E-state index in [-0.39, 0.29) is 5.97 Å². The molecular formula is C13H26N2O2. The van der Waals surface area contributed by atoms with E-state index >= 15 is 0 Å². The van der Waals surface area contributed by atoms with Gasteiger partial charge in [0.05, 0.1) is 7.11 Å². The zero-order valence-corrected chi connectivity index (χ0v) is 11.2. The lowest BCUT2D eigenvalue weighted by Crippen LogP contribution is -2.38. The molecule has 2 N–H and O–H groups in total. The van der Waals surface area contributed by atoms with Gasteiger partial charge in [0.1, 0.15) is 6.04 Å². The molecule has 1 fully saturated rings. The first kappa shape index (κ1) is 14.5. The van der Waals surface area contributed by atoms with Gasteiger partial charge in [0.2, 0.25) is 0 Å². The monoisotopic (exact) mass is 242 g/mol. The van der Waals surface area contributed by atoms with Crippen molar-refractivity contribution < 1.29 is 9.53 Å². The standard InChI is InChI=1S/C13H26N2O2/c1-15(10-9-12(14)13(16)17-2)11-7-5-3-4-6-8-11/h11-12H,3-10,14H2,1-2H3. The summed E-state index contributed by atoms with van der Waals surface area (Å²) in [5.74, 6) is -0.306. The number of ether oxygens (including phenoxy) is 1. The van der Waals surface area contributed by atoms with Crippen LogP contribution < -0.4 is 5.73 Å². The Balaban J connectivity index is 2.27. The summed E-state index contributed by atoms with van der Waals surface area (Å²) < 4.78 is 4.63. The zero-order valence-electron chi connectivity index (χ0n) is 11.2. The number of hydrogen-bond acceptors (Lipinski definition) is 4. The Kier molecular flexibility index (Phi) is 6.52. The maximum atomic E-state index is 11.2. The largest absolute Gasteiger partial charge is 0.468 e. The fraction of sp³-hybridized carbons (Fsp3) is 0.923. The molecule has 4 nitrogen and oxygen atoms in total. The molecule has 0 amide bonds. The van der Waals surface area contributed by atoms with Crippen LogP contribution in [0.3, 0.4) is 0 Å². The van der Waals surface area contributed by atoms with Gasteiger partial charge in [0.15, 0.2) is 0 Å². The molecule has 1 aliphatic rings. The maximum absolute atomic E-state index is 11.2. The molecule has 0 aromatic carbocycles. The van der Waals surface area contributed by atoms with Crippen LogP contribution in [-0.2, 0) is 9.53 Å². The van der Waals surface area contributed by atoms with Gasteiger partial charge in [-0.25, -0.2) is 0 Å². The molecule has 0 aliphatic heterocycles. The van der Waals surface area contributed by atoms with Crippen LogP contribution in [0.15, 0.2) is 0 Å². The number of rotatable bonds is 5. The molecule has 17 heavy (non-hydrogen) atoms. The fourth-order valence-electron chi connectivity index (χ4n) is 2.49. The Bertz CT molecular complexity index is 225. The van der Waals surface area contributed by atoms with E-state index in [4.69, 9.17) is 5.73 Å². The van der Waals surface area contributed by atoms with Crippen molar-refractivity contribution in [2.24, 2.45) is 5.73 Å². The van der Waals surface area contributed by atoms with Gasteiger partial charge in [-0.1, -0.05) is 25.7 Å². The molecule has 0 saturated heterocycles. The van der Waals surface area contributed by atoms with E-state index in [1.165, 1.54) is 45.6 Å². The highest BCUT2D eigenvalue weighted by atomic mass is 16.5. The minimum atomic E-state index is -0.478. The van der Waals surface area contributed by atoms with E-state index in [0.717, 1.165) is 6.54 Å². The van der Waals surface area contributed by atoms with Crippen molar-refractivity contribution >= 4 is 5.97 Å². The molecule has 0 heterocycles. The first-order chi connectivity index (χ1) is 8.15. The van der Waals surface area contributed by atoms with Crippen LogP contribution in [0.5, 0.6) is 0 Å². The van der Waals surface area contributed by atoms with E-state index in [2.05, 4.69) is 16.7 Å². The average Bonchev–Trinajstić information content (AvgIpc) is 2.63. The van der Waals surface area contributed by atoms with Gasteiger partial charge >= 0.3 is 5.97 Å². The van der Waals surface area contributed by atoms with Gasteiger partial charge in [0.25, 0.3) is 0 Å². The molecular weight excluding hydrogens is 216 g/mol. The quantitative estimate of drug-likeness (QED) is 0.587. The van der Waals surface area contributed by atoms with E-state index < -0.39 is 6.04 Å². The van der Waals surface area contributed by atoms with Crippen molar-refractivity contribution in [3.63, 3.8) is 0 Å². The maximum Gasteiger partial charge on any atom is 0.322 e. The van der Waals surface area contributed by atoms with Gasteiger partial charge in [-0.2, -0.15) is 0 Å². The number of carbonyl (C=O) groups is 1. The summed E-state index contributed by atoms with van der Waals surface area (Å²) in [4.78, 5) is 13.5. The Labute approximate surface area is 104 Å². The molecule has 100 valence electrons. The SMILES string of the molecule is COC(=O)C(N)CCN(C)C1CCCCCC1. The molecule has 0 aromatic rings. The van der Waals surface area contributed by atoms with Crippen molar-refractivity contribution in [2.75, 3.05) is 20.7 Å². The predicted octanol–water partition coefficient (Wildman–Crippen LogP) is 1.53. The van der Waals surface area contributed by atoms with Gasteiger partial charge in [-0.15, -0.1) is 0 Å². The second kappa shape index (κ2) is 7.67. The van der Waals surface area contributed by atoms with Crippen LogP contribution >= 0.6 is 0 Å². The van der Waals surface area contributed by atoms with Crippen molar-refractivity contribution in [2.45, 2.75) is 57.0 Å². The fourth-order valence-corrected chi connectivity index (χ4v) is 2.49. The minimum Gasteiger partial charge on any atom is -0.468 e. The summed E-state index contributed by atoms with van der Waals surface area (Å²) in [7, 11) is 3.52. The first-order valence-corrected chi connectivity index (χ1v) is 6.68. The van der Waals surface area contributed by atoms with Crippen molar-refractivity contribution in [3.05, 3.63) is 0 Å². The Morgan fingerprint density at radius 2 is 1.94 bits per heavy atom. The van der Waals surface area contributed by atoms with E-state index in [1.54, 1.807) is 0 Å². The van der Waals surface area contributed by atoms with Crippen molar-refractivity contribution in [1.29, 1.82) is 0 Å². The molecule has 1 aliphatic carbocycles. The van der Waals surface area contributed by atoms with E-state index in [0.29, 0.717) is 12.5 Å². The Morgan fingerprint density at radius 1 is 1.35 bits per heavy atom. The lowest BCUT2D eigenvalue weighted by atomic mass is 10.1. The lowest BCUT2D eigenvalue weighted by molar-refractivity contribution is -0.142. The molecule has 0 bridgehead atoms. The topological polar surface area (TPSA) is 55.6 Å². The zero-order chi connectivity index (χ0) is 12.7. The molecule has 0 radical (unpaired) electrons. The van der Waals surface area contributed by atoms with Crippen molar-refractivity contribution in [3.8, 4) is 0 Å². The first-order valence-electron chi connectivity index (χ1n) is 6.68. The third kappa shape index (κ3) is 5.04. The second-order valence-electron chi connectivity index (χ2n) is 5.04. The third-order valence-electron chi connectivity index (χ3n) is 3.74. The molecule has 0 aromatic heterocycles. The summed E-state index contributed by atoms with van der Waals surface area (Å²) in [6.07, 6.45) is 8.64. The summed E-state index contributed by atoms with van der Waals surface area (Å²) in [6, 6.07) is 0.190. The number of hydrogen-bond donors (Lipinski definition) is 1. The summed E-state index contributed by atoms with van der Waals surface area (Å²) in [6.45, 7) is 0.876. The molecule has 1 saturated carbocycles. The highest BCUT2D eigenvalue weighted by molar-refractivity contribution is 5.75. The number of carbonyl (C=O) groups excluding carboxylic acids is 1. The Morgan fingerprint density at radius 3 is 2.47 bits per heavy atom. The summed E-state index contributed by atoms with van der Waals surface area (Å²) in [5, 5.41) is 0. The van der Waals surface area contributed by atoms with Crippen LogP contribution in [0, 0.1) is 0 Å². The summed E-state index contributed by atoms with van der Waals surface area (Å²) >= 11 is 0. The summed E-state index contributed by atoms with van der Waals surface area (Å²) in [5.41, 5.74) is 5.74. The molecule has 4 heteroatoms. The normalized spacial score (nSPS) is 20.0. The van der Waals surface area contributed by atoms with Crippen LogP contribution in [0.25, 0.3) is 0 Å². The minimum absolute atomic E-state index is 0.306.